The van der Waals surface area contributed by atoms with Crippen molar-refractivity contribution in [3.05, 3.63) is 77.1 Å². The predicted octanol–water partition coefficient (Wildman–Crippen LogP) is 4.23. The maximum Gasteiger partial charge on any atom is 0.416 e. The van der Waals surface area contributed by atoms with E-state index in [9.17, 15) is 22.8 Å². The highest BCUT2D eigenvalue weighted by atomic mass is 19.4. The number of aryl methyl sites for hydroxylation is 1. The summed E-state index contributed by atoms with van der Waals surface area (Å²) in [7, 11) is 0. The summed E-state index contributed by atoms with van der Waals surface area (Å²) in [6.07, 6.45) is -4.87. The van der Waals surface area contributed by atoms with Crippen molar-refractivity contribution in [2.45, 2.75) is 26.4 Å². The average molecular weight is 431 g/mol. The van der Waals surface area contributed by atoms with Gasteiger partial charge in [-0.15, -0.1) is 0 Å². The van der Waals surface area contributed by atoms with Crippen LogP contribution in [0.4, 0.5) is 18.9 Å². The van der Waals surface area contributed by atoms with Gasteiger partial charge < -0.3 is 10.1 Å². The molecule has 1 N–H and O–H groups in total. The highest BCUT2D eigenvalue weighted by Crippen LogP contribution is 2.29. The zero-order chi connectivity index (χ0) is 22.6. The Morgan fingerprint density at radius 2 is 1.77 bits per heavy atom. The first kappa shape index (κ1) is 22.1. The van der Waals surface area contributed by atoms with Crippen molar-refractivity contribution in [1.82, 2.24) is 9.78 Å². The molecule has 0 saturated carbocycles. The van der Waals surface area contributed by atoms with Crippen LogP contribution in [-0.4, -0.2) is 28.3 Å². The summed E-state index contributed by atoms with van der Waals surface area (Å²) in [6, 6.07) is 13.8. The molecular weight excluding hydrogens is 411 g/mol. The molecule has 0 atom stereocenters. The normalized spacial score (nSPS) is 11.3. The monoisotopic (exact) mass is 431 g/mol. The molecule has 162 valence electrons. The molecule has 6 nitrogen and oxygen atoms in total. The minimum atomic E-state index is -4.50. The third-order valence-corrected chi connectivity index (χ3v) is 4.52. The SMILES string of the molecule is Cc1nn(-c2ccccc2)c(C)c1NC(=O)COC(=O)Cc1cccc(C(F)(F)F)c1. The summed E-state index contributed by atoms with van der Waals surface area (Å²) in [4.78, 5) is 24.2. The van der Waals surface area contributed by atoms with E-state index in [1.54, 1.807) is 18.5 Å². The first-order valence-corrected chi connectivity index (χ1v) is 9.38. The molecule has 3 rings (SSSR count). The number of hydrogen-bond acceptors (Lipinski definition) is 4. The molecule has 3 aromatic rings. The maximum absolute atomic E-state index is 12.8. The molecule has 1 aromatic heterocycles. The van der Waals surface area contributed by atoms with Crippen molar-refractivity contribution in [2.24, 2.45) is 0 Å². The van der Waals surface area contributed by atoms with Gasteiger partial charge >= 0.3 is 12.1 Å². The first-order chi connectivity index (χ1) is 14.6. The number of carbonyl (C=O) groups excluding carboxylic acids is 2. The van der Waals surface area contributed by atoms with Crippen molar-refractivity contribution in [3.63, 3.8) is 0 Å². The second-order valence-corrected chi connectivity index (χ2v) is 6.88. The number of alkyl halides is 3. The number of benzene rings is 2. The number of aromatic nitrogens is 2. The van der Waals surface area contributed by atoms with Crippen LogP contribution in [-0.2, 0) is 26.9 Å². The van der Waals surface area contributed by atoms with Gasteiger partial charge in [-0.25, -0.2) is 4.68 Å². The number of para-hydroxylation sites is 1. The van der Waals surface area contributed by atoms with Gasteiger partial charge in [0.1, 0.15) is 0 Å². The molecule has 9 heteroatoms. The van der Waals surface area contributed by atoms with Crippen LogP contribution >= 0.6 is 0 Å². The Morgan fingerprint density at radius 1 is 1.06 bits per heavy atom. The summed E-state index contributed by atoms with van der Waals surface area (Å²) < 4.78 is 44.9. The Bertz CT molecular complexity index is 1090. The zero-order valence-electron chi connectivity index (χ0n) is 16.9. The molecule has 1 heterocycles. The van der Waals surface area contributed by atoms with Crippen LogP contribution in [0.3, 0.4) is 0 Å². The molecule has 1 amide bonds. The Morgan fingerprint density at radius 3 is 2.45 bits per heavy atom. The van der Waals surface area contributed by atoms with Crippen LogP contribution in [0.5, 0.6) is 0 Å². The van der Waals surface area contributed by atoms with Crippen molar-refractivity contribution in [1.29, 1.82) is 0 Å². The highest BCUT2D eigenvalue weighted by Gasteiger charge is 2.30. The molecule has 0 unspecified atom stereocenters. The van der Waals surface area contributed by atoms with Crippen LogP contribution in [0.1, 0.15) is 22.5 Å². The van der Waals surface area contributed by atoms with E-state index < -0.39 is 30.2 Å². The van der Waals surface area contributed by atoms with E-state index in [0.29, 0.717) is 17.1 Å². The predicted molar refractivity (Wildman–Crippen MR) is 108 cm³/mol. The molecule has 0 radical (unpaired) electrons. The lowest BCUT2D eigenvalue weighted by molar-refractivity contribution is -0.146. The minimum Gasteiger partial charge on any atom is -0.455 e. The van der Waals surface area contributed by atoms with Crippen molar-refractivity contribution in [2.75, 3.05) is 11.9 Å². The molecule has 0 aliphatic carbocycles. The van der Waals surface area contributed by atoms with Crippen LogP contribution < -0.4 is 5.32 Å². The summed E-state index contributed by atoms with van der Waals surface area (Å²) in [5.41, 5.74) is 1.92. The van der Waals surface area contributed by atoms with Gasteiger partial charge in [0, 0.05) is 0 Å². The number of hydrogen-bond donors (Lipinski definition) is 1. The lowest BCUT2D eigenvalue weighted by atomic mass is 10.1. The smallest absolute Gasteiger partial charge is 0.416 e. The lowest BCUT2D eigenvalue weighted by Gasteiger charge is -2.09. The molecule has 2 aromatic carbocycles. The Balaban J connectivity index is 1.59. The fraction of sp³-hybridized carbons (Fsp3) is 0.227. The number of amides is 1. The number of nitrogens with zero attached hydrogens (tertiary/aromatic N) is 2. The van der Waals surface area contributed by atoms with E-state index in [-0.39, 0.29) is 12.0 Å². The molecule has 0 aliphatic heterocycles. The van der Waals surface area contributed by atoms with Gasteiger partial charge in [0.15, 0.2) is 6.61 Å². The van der Waals surface area contributed by atoms with Gasteiger partial charge in [0.2, 0.25) is 0 Å². The second kappa shape index (κ2) is 9.03. The number of carbonyl (C=O) groups is 2. The van der Waals surface area contributed by atoms with Crippen molar-refractivity contribution < 1.29 is 27.5 Å². The topological polar surface area (TPSA) is 73.2 Å². The maximum atomic E-state index is 12.8. The fourth-order valence-electron chi connectivity index (χ4n) is 3.04. The molecule has 0 aliphatic rings. The van der Waals surface area contributed by atoms with Crippen LogP contribution in [0.15, 0.2) is 54.6 Å². The summed E-state index contributed by atoms with van der Waals surface area (Å²) in [5, 5.41) is 7.08. The highest BCUT2D eigenvalue weighted by molar-refractivity contribution is 5.94. The van der Waals surface area contributed by atoms with Crippen molar-refractivity contribution >= 4 is 17.6 Å². The molecular formula is C22H20F3N3O3. The molecule has 0 bridgehead atoms. The van der Waals surface area contributed by atoms with Gasteiger partial charge in [-0.2, -0.15) is 18.3 Å². The third kappa shape index (κ3) is 5.50. The number of nitrogens with one attached hydrogen (secondary N) is 1. The molecule has 0 saturated heterocycles. The third-order valence-electron chi connectivity index (χ3n) is 4.52. The van der Waals surface area contributed by atoms with E-state index in [0.717, 1.165) is 17.8 Å². The Hall–Kier alpha value is -3.62. The van der Waals surface area contributed by atoms with Gasteiger partial charge in [-0.05, 0) is 37.6 Å². The Labute approximate surface area is 176 Å². The lowest BCUT2D eigenvalue weighted by Crippen LogP contribution is -2.22. The first-order valence-electron chi connectivity index (χ1n) is 9.38. The van der Waals surface area contributed by atoms with E-state index in [1.165, 1.54) is 12.1 Å². The number of rotatable bonds is 6. The number of ether oxygens (including phenoxy) is 1. The Kier molecular flexibility index (Phi) is 6.43. The second-order valence-electron chi connectivity index (χ2n) is 6.88. The van der Waals surface area contributed by atoms with E-state index in [4.69, 9.17) is 4.74 Å². The van der Waals surface area contributed by atoms with E-state index in [1.807, 2.05) is 30.3 Å². The van der Waals surface area contributed by atoms with Crippen LogP contribution in [0.2, 0.25) is 0 Å². The van der Waals surface area contributed by atoms with Gasteiger partial charge in [0.05, 0.1) is 34.7 Å². The van der Waals surface area contributed by atoms with Crippen molar-refractivity contribution in [3.8, 4) is 5.69 Å². The van der Waals surface area contributed by atoms with Gasteiger partial charge in [0.25, 0.3) is 5.91 Å². The minimum absolute atomic E-state index is 0.149. The van der Waals surface area contributed by atoms with Crippen LogP contribution in [0, 0.1) is 13.8 Å². The summed E-state index contributed by atoms with van der Waals surface area (Å²) in [5.74, 6) is -1.38. The standard InChI is InChI=1S/C22H20F3N3O3/c1-14-21(15(2)28(27-14)18-9-4-3-5-10-18)26-19(29)13-31-20(30)12-16-7-6-8-17(11-16)22(23,24)25/h3-11H,12-13H2,1-2H3,(H,26,29). The van der Waals surface area contributed by atoms with Crippen LogP contribution in [0.25, 0.3) is 5.69 Å². The molecule has 31 heavy (non-hydrogen) atoms. The number of anilines is 1. The molecule has 0 spiro atoms. The average Bonchev–Trinajstić information content (AvgIpc) is 3.01. The van der Waals surface area contributed by atoms with Gasteiger partial charge in [-0.3, -0.25) is 9.59 Å². The fourth-order valence-corrected chi connectivity index (χ4v) is 3.04. The summed E-state index contributed by atoms with van der Waals surface area (Å²) in [6.45, 7) is 2.97. The number of esters is 1. The number of halogens is 3. The van der Waals surface area contributed by atoms with Gasteiger partial charge in [-0.1, -0.05) is 36.4 Å². The quantitative estimate of drug-likeness (QED) is 0.593. The largest absolute Gasteiger partial charge is 0.455 e. The van der Waals surface area contributed by atoms with E-state index >= 15 is 0 Å². The van der Waals surface area contributed by atoms with E-state index in [2.05, 4.69) is 10.4 Å². The zero-order valence-corrected chi connectivity index (χ0v) is 16.9. The summed E-state index contributed by atoms with van der Waals surface area (Å²) >= 11 is 0. The molecule has 0 fully saturated rings.